The van der Waals surface area contributed by atoms with Crippen LogP contribution in [0.4, 0.5) is 10.5 Å². The van der Waals surface area contributed by atoms with Crippen LogP contribution in [0.25, 0.3) is 5.57 Å². The van der Waals surface area contributed by atoms with Gasteiger partial charge in [0.1, 0.15) is 5.75 Å². The van der Waals surface area contributed by atoms with Crippen molar-refractivity contribution >= 4 is 23.6 Å². The van der Waals surface area contributed by atoms with Gasteiger partial charge in [0.05, 0.1) is 18.8 Å². The Kier molecular flexibility index (Phi) is 7.47. The Morgan fingerprint density at radius 3 is 2.74 bits per heavy atom. The molecule has 8 heteroatoms. The lowest BCUT2D eigenvalue weighted by Gasteiger charge is -2.35. The number of aromatic nitrogens is 1. The number of benzene rings is 1. The van der Waals surface area contributed by atoms with E-state index in [2.05, 4.69) is 10.3 Å². The molecule has 3 heterocycles. The standard InChI is InChI=1S/C26H33N5O3/c1-17-5-4-6-24(30-17)34-25-21(19(15-27)16-29-20-11-13-28-14-12-20)9-10-23-22(25)8-7-18(2)31(23)26(32)33-3/h4-6,9-10,15-16,18,20,28H,7-8,11-14,27H2,1-3H3/t18-/m0/s1. The first-order chi connectivity index (χ1) is 16.5. The molecule has 4 rings (SSSR count). The third kappa shape index (κ3) is 5.07. The minimum Gasteiger partial charge on any atom is -0.452 e. The minimum absolute atomic E-state index is 0.0155. The molecule has 2 aliphatic rings. The molecule has 1 amide bonds. The number of piperidine rings is 1. The summed E-state index contributed by atoms with van der Waals surface area (Å²) in [4.78, 5) is 23.6. The van der Waals surface area contributed by atoms with E-state index in [4.69, 9.17) is 20.2 Å². The third-order valence-corrected chi connectivity index (χ3v) is 6.41. The third-order valence-electron chi connectivity index (χ3n) is 6.41. The van der Waals surface area contributed by atoms with Crippen molar-refractivity contribution in [2.45, 2.75) is 51.6 Å². The first-order valence-corrected chi connectivity index (χ1v) is 11.8. The van der Waals surface area contributed by atoms with Crippen LogP contribution in [0.15, 0.2) is 41.5 Å². The van der Waals surface area contributed by atoms with E-state index in [1.165, 1.54) is 7.11 Å². The maximum atomic E-state index is 12.6. The van der Waals surface area contributed by atoms with Crippen molar-refractivity contribution in [1.82, 2.24) is 10.3 Å². The summed E-state index contributed by atoms with van der Waals surface area (Å²) in [7, 11) is 1.40. The van der Waals surface area contributed by atoms with Gasteiger partial charge in [0, 0.05) is 46.9 Å². The van der Waals surface area contributed by atoms with Crippen LogP contribution >= 0.6 is 0 Å². The molecule has 8 nitrogen and oxygen atoms in total. The van der Waals surface area contributed by atoms with Gasteiger partial charge in [0.25, 0.3) is 0 Å². The Labute approximate surface area is 200 Å². The number of anilines is 1. The van der Waals surface area contributed by atoms with Crippen molar-refractivity contribution < 1.29 is 14.3 Å². The summed E-state index contributed by atoms with van der Waals surface area (Å²) >= 11 is 0. The zero-order valence-electron chi connectivity index (χ0n) is 20.1. The van der Waals surface area contributed by atoms with Crippen molar-refractivity contribution in [3.63, 3.8) is 0 Å². The van der Waals surface area contributed by atoms with Gasteiger partial charge in [0.2, 0.25) is 5.88 Å². The highest BCUT2D eigenvalue weighted by Gasteiger charge is 2.32. The summed E-state index contributed by atoms with van der Waals surface area (Å²) in [5.41, 5.74) is 10.2. The second-order valence-electron chi connectivity index (χ2n) is 8.77. The van der Waals surface area contributed by atoms with Gasteiger partial charge in [0.15, 0.2) is 0 Å². The lowest BCUT2D eigenvalue weighted by atomic mass is 9.92. The quantitative estimate of drug-likeness (QED) is 0.644. The Morgan fingerprint density at radius 2 is 2.03 bits per heavy atom. The number of aliphatic imine (C=N–C) groups is 1. The summed E-state index contributed by atoms with van der Waals surface area (Å²) in [5, 5.41) is 3.36. The molecule has 2 aromatic rings. The number of nitrogens with zero attached hydrogens (tertiary/aromatic N) is 3. The fraction of sp³-hybridized carbons (Fsp3) is 0.423. The second-order valence-corrected chi connectivity index (χ2v) is 8.77. The van der Waals surface area contributed by atoms with E-state index in [0.29, 0.717) is 11.6 Å². The highest BCUT2D eigenvalue weighted by molar-refractivity contribution is 6.11. The highest BCUT2D eigenvalue weighted by atomic mass is 16.5. The van der Waals surface area contributed by atoms with Crippen molar-refractivity contribution in [3.8, 4) is 11.6 Å². The van der Waals surface area contributed by atoms with Crippen LogP contribution in [0.5, 0.6) is 11.6 Å². The number of amides is 1. The number of methoxy groups -OCH3 is 1. The van der Waals surface area contributed by atoms with Crippen LogP contribution in [0.2, 0.25) is 0 Å². The Bertz CT molecular complexity index is 1090. The van der Waals surface area contributed by atoms with Gasteiger partial charge in [-0.05, 0) is 70.8 Å². The number of hydrogen-bond acceptors (Lipinski definition) is 7. The highest BCUT2D eigenvalue weighted by Crippen LogP contribution is 2.42. The number of pyridine rings is 1. The molecular weight excluding hydrogens is 430 g/mol. The van der Waals surface area contributed by atoms with Crippen molar-refractivity contribution in [3.05, 3.63) is 53.4 Å². The monoisotopic (exact) mass is 463 g/mol. The van der Waals surface area contributed by atoms with Gasteiger partial charge in [-0.2, -0.15) is 0 Å². The molecule has 0 unspecified atom stereocenters. The fourth-order valence-corrected chi connectivity index (χ4v) is 4.55. The molecule has 0 bridgehead atoms. The van der Waals surface area contributed by atoms with E-state index < -0.39 is 0 Å². The number of carbonyl (C=O) groups is 1. The summed E-state index contributed by atoms with van der Waals surface area (Å²) < 4.78 is 11.5. The van der Waals surface area contributed by atoms with Crippen molar-refractivity contribution in [1.29, 1.82) is 0 Å². The second kappa shape index (κ2) is 10.7. The first kappa shape index (κ1) is 23.8. The van der Waals surface area contributed by atoms with E-state index >= 15 is 0 Å². The maximum Gasteiger partial charge on any atom is 0.414 e. The molecule has 1 aromatic heterocycles. The average molecular weight is 464 g/mol. The summed E-state index contributed by atoms with van der Waals surface area (Å²) in [6.07, 6.45) is 6.56. The molecule has 1 aromatic carbocycles. The Morgan fingerprint density at radius 1 is 1.24 bits per heavy atom. The van der Waals surface area contributed by atoms with Gasteiger partial charge in [-0.3, -0.25) is 9.89 Å². The number of rotatable bonds is 5. The number of fused-ring (bicyclic) bond motifs is 1. The zero-order valence-corrected chi connectivity index (χ0v) is 20.1. The molecule has 0 radical (unpaired) electrons. The molecule has 1 saturated heterocycles. The number of aryl methyl sites for hydroxylation is 1. The lowest BCUT2D eigenvalue weighted by Crippen LogP contribution is -2.42. The molecule has 2 aliphatic heterocycles. The van der Waals surface area contributed by atoms with Crippen LogP contribution in [-0.2, 0) is 11.2 Å². The van der Waals surface area contributed by atoms with Crippen molar-refractivity contribution in [2.24, 2.45) is 10.7 Å². The topological polar surface area (TPSA) is 102 Å². The molecule has 180 valence electrons. The Balaban J connectivity index is 1.79. The SMILES string of the molecule is COC(=O)N1c2ccc(C(C=NC3CCNCC3)=CN)c(Oc3cccc(C)n3)c2CC[C@@H]1C. The van der Waals surface area contributed by atoms with E-state index in [0.717, 1.165) is 66.9 Å². The predicted molar refractivity (Wildman–Crippen MR) is 135 cm³/mol. The van der Waals surface area contributed by atoms with Gasteiger partial charge < -0.3 is 20.5 Å². The van der Waals surface area contributed by atoms with E-state index in [1.807, 2.05) is 50.4 Å². The number of ether oxygens (including phenoxy) is 2. The summed E-state index contributed by atoms with van der Waals surface area (Å²) in [6, 6.07) is 9.82. The number of hydrogen-bond donors (Lipinski definition) is 2. The van der Waals surface area contributed by atoms with E-state index in [-0.39, 0.29) is 18.2 Å². The van der Waals surface area contributed by atoms with Crippen LogP contribution in [-0.4, -0.2) is 49.6 Å². The van der Waals surface area contributed by atoms with Gasteiger partial charge in [-0.15, -0.1) is 0 Å². The molecule has 0 aliphatic carbocycles. The fourth-order valence-electron chi connectivity index (χ4n) is 4.55. The largest absolute Gasteiger partial charge is 0.452 e. The summed E-state index contributed by atoms with van der Waals surface area (Å²) in [5.74, 6) is 1.13. The van der Waals surface area contributed by atoms with Crippen LogP contribution in [0.3, 0.4) is 0 Å². The van der Waals surface area contributed by atoms with E-state index in [9.17, 15) is 4.79 Å². The van der Waals surface area contributed by atoms with Gasteiger partial charge >= 0.3 is 6.09 Å². The van der Waals surface area contributed by atoms with Crippen LogP contribution < -0.4 is 20.7 Å². The molecule has 34 heavy (non-hydrogen) atoms. The van der Waals surface area contributed by atoms with Crippen LogP contribution in [0.1, 0.15) is 43.0 Å². The zero-order chi connectivity index (χ0) is 24.1. The molecule has 1 fully saturated rings. The minimum atomic E-state index is -0.386. The molecule has 1 atom stereocenters. The van der Waals surface area contributed by atoms with Crippen LogP contribution in [0, 0.1) is 6.92 Å². The molecule has 0 spiro atoms. The number of allylic oxidation sites excluding steroid dienone is 1. The smallest absolute Gasteiger partial charge is 0.414 e. The van der Waals surface area contributed by atoms with Crippen molar-refractivity contribution in [2.75, 3.05) is 25.1 Å². The predicted octanol–water partition coefficient (Wildman–Crippen LogP) is 4.21. The van der Waals surface area contributed by atoms with Gasteiger partial charge in [-0.1, -0.05) is 6.07 Å². The number of nitrogens with one attached hydrogen (secondary N) is 1. The summed E-state index contributed by atoms with van der Waals surface area (Å²) in [6.45, 7) is 5.88. The average Bonchev–Trinajstić information content (AvgIpc) is 2.85. The maximum absolute atomic E-state index is 12.6. The lowest BCUT2D eigenvalue weighted by molar-refractivity contribution is 0.175. The number of carbonyl (C=O) groups excluding carboxylic acids is 1. The van der Waals surface area contributed by atoms with Gasteiger partial charge in [-0.25, -0.2) is 9.78 Å². The molecular formula is C26H33N5O3. The number of nitrogens with two attached hydrogens (primary N) is 1. The molecule has 3 N–H and O–H groups in total. The molecule has 0 saturated carbocycles. The van der Waals surface area contributed by atoms with E-state index in [1.54, 1.807) is 11.1 Å². The first-order valence-electron chi connectivity index (χ1n) is 11.8. The Hall–Kier alpha value is -3.39. The normalized spacial score (nSPS) is 19.2.